The molecule has 1 fully saturated rings. The van der Waals surface area contributed by atoms with E-state index in [4.69, 9.17) is 0 Å². The largest absolute Gasteiger partial charge is 0.384 e. The standard InChI is InChI=1S/C16H26N2O2S/c1-18(2)21(19,20)16-12-6-5-11-15(16)17-13-7-10-14-8-3-4-9-14/h5-6,11-12,14,17H,3-4,7-10,13H2,1-2H3. The quantitative estimate of drug-likeness (QED) is 0.786. The Labute approximate surface area is 128 Å². The van der Waals surface area contributed by atoms with Crippen LogP contribution in [0.1, 0.15) is 38.5 Å². The van der Waals surface area contributed by atoms with Crippen molar-refractivity contribution in [1.29, 1.82) is 0 Å². The minimum Gasteiger partial charge on any atom is -0.384 e. The number of rotatable bonds is 7. The third-order valence-electron chi connectivity index (χ3n) is 4.23. The van der Waals surface area contributed by atoms with Gasteiger partial charge in [0.15, 0.2) is 0 Å². The van der Waals surface area contributed by atoms with E-state index in [1.54, 1.807) is 26.2 Å². The number of nitrogens with one attached hydrogen (secondary N) is 1. The summed E-state index contributed by atoms with van der Waals surface area (Å²) in [5.74, 6) is 0.882. The molecular formula is C16H26N2O2S. The Morgan fingerprint density at radius 1 is 1.19 bits per heavy atom. The number of para-hydroxylation sites is 1. The van der Waals surface area contributed by atoms with Crippen LogP contribution in [-0.2, 0) is 10.0 Å². The van der Waals surface area contributed by atoms with Crippen molar-refractivity contribution in [3.05, 3.63) is 24.3 Å². The van der Waals surface area contributed by atoms with Crippen LogP contribution in [0.4, 0.5) is 5.69 Å². The fourth-order valence-electron chi connectivity index (χ4n) is 2.95. The van der Waals surface area contributed by atoms with Crippen molar-refractivity contribution in [1.82, 2.24) is 4.31 Å². The fourth-order valence-corrected chi connectivity index (χ4v) is 4.01. The van der Waals surface area contributed by atoms with Crippen molar-refractivity contribution in [2.75, 3.05) is 26.0 Å². The topological polar surface area (TPSA) is 49.4 Å². The zero-order valence-electron chi connectivity index (χ0n) is 13.0. The molecule has 0 bridgehead atoms. The fraction of sp³-hybridized carbons (Fsp3) is 0.625. The lowest BCUT2D eigenvalue weighted by molar-refractivity contribution is 0.491. The molecule has 0 spiro atoms. The predicted octanol–water partition coefficient (Wildman–Crippen LogP) is 3.32. The van der Waals surface area contributed by atoms with Crippen molar-refractivity contribution in [2.24, 2.45) is 5.92 Å². The number of nitrogens with zero attached hydrogens (tertiary/aromatic N) is 1. The van der Waals surface area contributed by atoms with Crippen LogP contribution < -0.4 is 5.32 Å². The summed E-state index contributed by atoms with van der Waals surface area (Å²) < 4.78 is 25.8. The lowest BCUT2D eigenvalue weighted by Crippen LogP contribution is -2.23. The van der Waals surface area contributed by atoms with E-state index in [9.17, 15) is 8.42 Å². The summed E-state index contributed by atoms with van der Waals surface area (Å²) in [6.45, 7) is 0.830. The van der Waals surface area contributed by atoms with Gasteiger partial charge in [0.25, 0.3) is 0 Å². The van der Waals surface area contributed by atoms with E-state index in [-0.39, 0.29) is 0 Å². The van der Waals surface area contributed by atoms with Gasteiger partial charge in [-0.2, -0.15) is 0 Å². The van der Waals surface area contributed by atoms with Crippen LogP contribution in [0.3, 0.4) is 0 Å². The first kappa shape index (κ1) is 16.3. The van der Waals surface area contributed by atoms with E-state index >= 15 is 0 Å². The molecule has 1 aromatic carbocycles. The highest BCUT2D eigenvalue weighted by molar-refractivity contribution is 7.89. The Morgan fingerprint density at radius 2 is 1.86 bits per heavy atom. The van der Waals surface area contributed by atoms with Crippen molar-refractivity contribution in [3.63, 3.8) is 0 Å². The highest BCUT2D eigenvalue weighted by atomic mass is 32.2. The number of sulfonamides is 1. The Balaban J connectivity index is 1.94. The summed E-state index contributed by atoms with van der Waals surface area (Å²) in [5, 5.41) is 3.29. The minimum atomic E-state index is -3.39. The summed E-state index contributed by atoms with van der Waals surface area (Å²) in [4.78, 5) is 0.357. The molecule has 0 amide bonds. The van der Waals surface area contributed by atoms with Gasteiger partial charge in [0.2, 0.25) is 10.0 Å². The van der Waals surface area contributed by atoms with E-state index in [1.807, 2.05) is 12.1 Å². The van der Waals surface area contributed by atoms with Crippen molar-refractivity contribution < 1.29 is 8.42 Å². The van der Waals surface area contributed by atoms with Crippen LogP contribution in [0.25, 0.3) is 0 Å². The molecule has 0 saturated heterocycles. The average molecular weight is 310 g/mol. The molecule has 4 nitrogen and oxygen atoms in total. The normalized spacial score (nSPS) is 16.5. The van der Waals surface area contributed by atoms with E-state index < -0.39 is 10.0 Å². The summed E-state index contributed by atoms with van der Waals surface area (Å²) in [5.41, 5.74) is 0.706. The van der Waals surface area contributed by atoms with Crippen molar-refractivity contribution >= 4 is 15.7 Å². The zero-order chi connectivity index (χ0) is 15.3. The van der Waals surface area contributed by atoms with E-state index in [2.05, 4.69) is 5.32 Å². The van der Waals surface area contributed by atoms with Crippen molar-refractivity contribution in [3.8, 4) is 0 Å². The van der Waals surface area contributed by atoms with Crippen LogP contribution in [0.15, 0.2) is 29.2 Å². The van der Waals surface area contributed by atoms with Crippen LogP contribution in [-0.4, -0.2) is 33.4 Å². The molecule has 0 heterocycles. The molecule has 118 valence electrons. The van der Waals surface area contributed by atoms with E-state index in [0.29, 0.717) is 10.6 Å². The molecule has 1 N–H and O–H groups in total. The summed E-state index contributed by atoms with van der Waals surface area (Å²) in [6.07, 6.45) is 7.83. The van der Waals surface area contributed by atoms with Crippen LogP contribution in [0.5, 0.6) is 0 Å². The molecule has 21 heavy (non-hydrogen) atoms. The van der Waals surface area contributed by atoms with Crippen LogP contribution in [0.2, 0.25) is 0 Å². The number of benzene rings is 1. The smallest absolute Gasteiger partial charge is 0.244 e. The maximum atomic E-state index is 12.3. The first-order valence-corrected chi connectivity index (χ1v) is 9.21. The maximum Gasteiger partial charge on any atom is 0.244 e. The van der Waals surface area contributed by atoms with Crippen molar-refractivity contribution in [2.45, 2.75) is 43.4 Å². The molecular weight excluding hydrogens is 284 g/mol. The maximum absolute atomic E-state index is 12.3. The predicted molar refractivity (Wildman–Crippen MR) is 87.0 cm³/mol. The Morgan fingerprint density at radius 3 is 2.52 bits per heavy atom. The highest BCUT2D eigenvalue weighted by Gasteiger charge is 2.20. The number of hydrogen-bond donors (Lipinski definition) is 1. The number of anilines is 1. The van der Waals surface area contributed by atoms with Gasteiger partial charge in [0.05, 0.1) is 5.69 Å². The Kier molecular flexibility index (Phi) is 5.65. The monoisotopic (exact) mass is 310 g/mol. The summed E-state index contributed by atoms with van der Waals surface area (Å²) in [7, 11) is -0.266. The highest BCUT2D eigenvalue weighted by Crippen LogP contribution is 2.28. The first-order chi connectivity index (χ1) is 10.0. The minimum absolute atomic E-state index is 0.357. The van der Waals surface area contributed by atoms with Gasteiger partial charge in [0.1, 0.15) is 4.90 Å². The SMILES string of the molecule is CN(C)S(=O)(=O)c1ccccc1NCCCC1CCCC1. The molecule has 0 radical (unpaired) electrons. The summed E-state index contributed by atoms with van der Waals surface area (Å²) >= 11 is 0. The van der Waals surface area contributed by atoms with Gasteiger partial charge in [-0.3, -0.25) is 0 Å². The molecule has 2 rings (SSSR count). The van der Waals surface area contributed by atoms with Gasteiger partial charge < -0.3 is 5.32 Å². The molecule has 1 aromatic rings. The van der Waals surface area contributed by atoms with Gasteiger partial charge in [-0.05, 0) is 30.9 Å². The van der Waals surface area contributed by atoms with Gasteiger partial charge in [-0.15, -0.1) is 0 Å². The third-order valence-corrected chi connectivity index (χ3v) is 6.10. The molecule has 0 aliphatic heterocycles. The zero-order valence-corrected chi connectivity index (χ0v) is 13.8. The average Bonchev–Trinajstić information content (AvgIpc) is 2.97. The molecule has 0 unspecified atom stereocenters. The number of hydrogen-bond acceptors (Lipinski definition) is 3. The van der Waals surface area contributed by atoms with Crippen LogP contribution >= 0.6 is 0 Å². The lowest BCUT2D eigenvalue weighted by atomic mass is 10.0. The third kappa shape index (κ3) is 4.20. The molecule has 0 atom stereocenters. The van der Waals surface area contributed by atoms with Gasteiger partial charge in [0, 0.05) is 20.6 Å². The molecule has 0 aromatic heterocycles. The second-order valence-corrected chi connectivity index (χ2v) is 8.12. The van der Waals surface area contributed by atoms with E-state index in [1.165, 1.54) is 36.4 Å². The second-order valence-electron chi connectivity index (χ2n) is 6.00. The lowest BCUT2D eigenvalue weighted by Gasteiger charge is -2.16. The summed E-state index contributed by atoms with van der Waals surface area (Å²) in [6, 6.07) is 7.13. The first-order valence-electron chi connectivity index (χ1n) is 7.77. The van der Waals surface area contributed by atoms with E-state index in [0.717, 1.165) is 18.9 Å². The van der Waals surface area contributed by atoms with Gasteiger partial charge in [-0.1, -0.05) is 37.8 Å². The Bertz CT molecular complexity index is 549. The van der Waals surface area contributed by atoms with Gasteiger partial charge in [-0.25, -0.2) is 12.7 Å². The molecule has 1 aliphatic carbocycles. The second kappa shape index (κ2) is 7.27. The van der Waals surface area contributed by atoms with Gasteiger partial charge >= 0.3 is 0 Å². The molecule has 1 saturated carbocycles. The molecule has 1 aliphatic rings. The Hall–Kier alpha value is -1.07. The van der Waals surface area contributed by atoms with Crippen LogP contribution in [0, 0.1) is 5.92 Å². The molecule has 5 heteroatoms.